The maximum absolute atomic E-state index is 12.8. The van der Waals surface area contributed by atoms with Gasteiger partial charge < -0.3 is 5.73 Å². The summed E-state index contributed by atoms with van der Waals surface area (Å²) in [5.41, 5.74) is 5.65. The maximum atomic E-state index is 12.8. The number of hydrogen-bond donors (Lipinski definition) is 1. The average molecular weight is 315 g/mol. The first kappa shape index (κ1) is 14.5. The first-order chi connectivity index (χ1) is 9.63. The summed E-state index contributed by atoms with van der Waals surface area (Å²) in [6, 6.07) is 2.09. The van der Waals surface area contributed by atoms with Gasteiger partial charge in [-0.05, 0) is 30.8 Å². The molecule has 1 unspecified atom stereocenters. The minimum atomic E-state index is -3.37. The highest BCUT2D eigenvalue weighted by Gasteiger charge is 2.36. The summed E-state index contributed by atoms with van der Waals surface area (Å²) in [6.07, 6.45) is 3.56. The van der Waals surface area contributed by atoms with E-state index in [1.54, 1.807) is 10.4 Å². The Morgan fingerprint density at radius 2 is 2.15 bits per heavy atom. The molecule has 3 heterocycles. The van der Waals surface area contributed by atoms with Crippen LogP contribution in [0.1, 0.15) is 24.1 Å². The first-order valence-corrected chi connectivity index (χ1v) is 9.45. The largest absolute Gasteiger partial charge is 0.326 e. The number of thiophene rings is 1. The fourth-order valence-electron chi connectivity index (χ4n) is 3.19. The van der Waals surface area contributed by atoms with E-state index in [1.165, 1.54) is 24.2 Å². The van der Waals surface area contributed by atoms with E-state index in [4.69, 9.17) is 5.73 Å². The van der Waals surface area contributed by atoms with Crippen LogP contribution in [0.3, 0.4) is 0 Å². The quantitative estimate of drug-likeness (QED) is 0.906. The molecule has 2 saturated heterocycles. The minimum Gasteiger partial charge on any atom is -0.326 e. The van der Waals surface area contributed by atoms with Crippen LogP contribution in [0, 0.1) is 0 Å². The zero-order valence-corrected chi connectivity index (χ0v) is 13.1. The van der Waals surface area contributed by atoms with Crippen molar-refractivity contribution in [2.24, 2.45) is 5.73 Å². The Labute approximate surface area is 124 Å². The molecule has 5 nitrogen and oxygen atoms in total. The van der Waals surface area contributed by atoms with Crippen molar-refractivity contribution in [2.45, 2.75) is 36.7 Å². The molecule has 1 aromatic heterocycles. The van der Waals surface area contributed by atoms with Gasteiger partial charge in [0.15, 0.2) is 0 Å². The van der Waals surface area contributed by atoms with E-state index >= 15 is 0 Å². The molecule has 2 aliphatic heterocycles. The third-order valence-corrected chi connectivity index (χ3v) is 7.33. The van der Waals surface area contributed by atoms with Crippen molar-refractivity contribution < 1.29 is 8.42 Å². The molecule has 20 heavy (non-hydrogen) atoms. The monoisotopic (exact) mass is 315 g/mol. The van der Waals surface area contributed by atoms with Gasteiger partial charge in [-0.2, -0.15) is 4.31 Å². The highest BCUT2D eigenvalue weighted by Crippen LogP contribution is 2.28. The van der Waals surface area contributed by atoms with Crippen molar-refractivity contribution in [2.75, 3.05) is 26.2 Å². The van der Waals surface area contributed by atoms with Crippen LogP contribution >= 0.6 is 11.3 Å². The Balaban J connectivity index is 1.82. The second-order valence-electron chi connectivity index (χ2n) is 5.46. The number of nitrogens with zero attached hydrogens (tertiary/aromatic N) is 2. The van der Waals surface area contributed by atoms with Crippen LogP contribution in [0.4, 0.5) is 0 Å². The van der Waals surface area contributed by atoms with Crippen molar-refractivity contribution in [3.8, 4) is 0 Å². The molecule has 0 aromatic carbocycles. The number of piperidine rings is 1. The van der Waals surface area contributed by atoms with Crippen LogP contribution in [0.25, 0.3) is 0 Å². The van der Waals surface area contributed by atoms with Crippen molar-refractivity contribution in [1.82, 2.24) is 9.21 Å². The van der Waals surface area contributed by atoms with E-state index in [2.05, 4.69) is 4.90 Å². The highest BCUT2D eigenvalue weighted by molar-refractivity contribution is 7.89. The summed E-state index contributed by atoms with van der Waals surface area (Å²) in [5, 5.41) is 1.81. The third kappa shape index (κ3) is 2.53. The van der Waals surface area contributed by atoms with Gasteiger partial charge in [-0.3, -0.25) is 4.90 Å². The molecule has 2 fully saturated rings. The van der Waals surface area contributed by atoms with Gasteiger partial charge >= 0.3 is 0 Å². The van der Waals surface area contributed by atoms with E-state index in [0.29, 0.717) is 24.0 Å². The van der Waals surface area contributed by atoms with Crippen LogP contribution in [0.15, 0.2) is 16.3 Å². The molecule has 0 spiro atoms. The predicted octanol–water partition coefficient (Wildman–Crippen LogP) is 1.07. The van der Waals surface area contributed by atoms with Crippen LogP contribution in [0.2, 0.25) is 0 Å². The van der Waals surface area contributed by atoms with Gasteiger partial charge in [0.25, 0.3) is 0 Å². The molecular formula is C13H21N3O2S2. The Kier molecular flexibility index (Phi) is 4.14. The lowest BCUT2D eigenvalue weighted by molar-refractivity contribution is 0.0851. The number of fused-ring (bicyclic) bond motifs is 1. The summed E-state index contributed by atoms with van der Waals surface area (Å²) in [4.78, 5) is 3.61. The van der Waals surface area contributed by atoms with E-state index in [-0.39, 0.29) is 6.54 Å². The zero-order chi connectivity index (χ0) is 14.2. The lowest BCUT2D eigenvalue weighted by Crippen LogP contribution is -2.56. The van der Waals surface area contributed by atoms with Crippen molar-refractivity contribution >= 4 is 21.4 Å². The average Bonchev–Trinajstić information content (AvgIpc) is 2.96. The molecule has 0 radical (unpaired) electrons. The predicted molar refractivity (Wildman–Crippen MR) is 80.2 cm³/mol. The minimum absolute atomic E-state index is 0.287. The lowest BCUT2D eigenvalue weighted by Gasteiger charge is -2.43. The summed E-state index contributed by atoms with van der Waals surface area (Å²) in [7, 11) is -3.37. The Morgan fingerprint density at radius 1 is 1.30 bits per heavy atom. The summed E-state index contributed by atoms with van der Waals surface area (Å²) >= 11 is 1.42. The molecule has 1 aromatic rings. The van der Waals surface area contributed by atoms with E-state index in [0.717, 1.165) is 24.4 Å². The van der Waals surface area contributed by atoms with E-state index in [1.807, 2.05) is 5.38 Å². The van der Waals surface area contributed by atoms with Crippen LogP contribution in [-0.4, -0.2) is 49.8 Å². The van der Waals surface area contributed by atoms with Crippen LogP contribution in [-0.2, 0) is 16.6 Å². The van der Waals surface area contributed by atoms with Gasteiger partial charge in [-0.1, -0.05) is 6.42 Å². The molecule has 3 rings (SSSR count). The molecule has 1 atom stereocenters. The molecule has 7 heteroatoms. The number of sulfonamides is 1. The second kappa shape index (κ2) is 5.73. The standard InChI is InChI=1S/C13H21N3O2S2/c14-9-12-13(4-8-19-12)20(17,18)16-7-6-15-5-2-1-3-11(15)10-16/h4,8,11H,1-3,5-7,9-10,14H2. The summed E-state index contributed by atoms with van der Waals surface area (Å²) in [6.45, 7) is 3.48. The topological polar surface area (TPSA) is 66.6 Å². The molecule has 0 aliphatic carbocycles. The number of piperazine rings is 1. The molecule has 2 N–H and O–H groups in total. The van der Waals surface area contributed by atoms with Gasteiger partial charge in [0.1, 0.15) is 0 Å². The third-order valence-electron chi connectivity index (χ3n) is 4.31. The smallest absolute Gasteiger partial charge is 0.244 e. The lowest BCUT2D eigenvalue weighted by atomic mass is 10.0. The highest BCUT2D eigenvalue weighted by atomic mass is 32.2. The SMILES string of the molecule is NCc1sccc1S(=O)(=O)N1CCN2CCCCC2C1. The van der Waals surface area contributed by atoms with E-state index < -0.39 is 10.0 Å². The number of hydrogen-bond acceptors (Lipinski definition) is 5. The second-order valence-corrected chi connectivity index (χ2v) is 8.37. The Morgan fingerprint density at radius 3 is 2.95 bits per heavy atom. The fraction of sp³-hybridized carbons (Fsp3) is 0.692. The summed E-state index contributed by atoms with van der Waals surface area (Å²) in [5.74, 6) is 0. The fourth-order valence-corrected chi connectivity index (χ4v) is 5.97. The van der Waals surface area contributed by atoms with Crippen LogP contribution < -0.4 is 5.73 Å². The summed E-state index contributed by atoms with van der Waals surface area (Å²) < 4.78 is 27.2. The van der Waals surface area contributed by atoms with E-state index in [9.17, 15) is 8.42 Å². The molecular weight excluding hydrogens is 294 g/mol. The normalized spacial score (nSPS) is 25.6. The van der Waals surface area contributed by atoms with Crippen molar-refractivity contribution in [3.63, 3.8) is 0 Å². The van der Waals surface area contributed by atoms with Gasteiger partial charge in [0, 0.05) is 37.1 Å². The Bertz CT molecular complexity index is 570. The first-order valence-electron chi connectivity index (χ1n) is 7.13. The molecule has 0 amide bonds. The molecule has 2 aliphatic rings. The van der Waals surface area contributed by atoms with Gasteiger partial charge in [0.2, 0.25) is 10.0 Å². The van der Waals surface area contributed by atoms with Gasteiger partial charge in [-0.25, -0.2) is 8.42 Å². The van der Waals surface area contributed by atoms with Gasteiger partial charge in [0.05, 0.1) is 4.90 Å². The molecule has 0 bridgehead atoms. The van der Waals surface area contributed by atoms with Crippen molar-refractivity contribution in [3.05, 3.63) is 16.3 Å². The number of nitrogens with two attached hydrogens (primary N) is 1. The molecule has 0 saturated carbocycles. The van der Waals surface area contributed by atoms with Crippen molar-refractivity contribution in [1.29, 1.82) is 0 Å². The van der Waals surface area contributed by atoms with Crippen LogP contribution in [0.5, 0.6) is 0 Å². The Hall–Kier alpha value is -0.470. The van der Waals surface area contributed by atoms with Gasteiger partial charge in [-0.15, -0.1) is 11.3 Å². The number of rotatable bonds is 3. The molecule has 112 valence electrons. The maximum Gasteiger partial charge on any atom is 0.244 e. The zero-order valence-electron chi connectivity index (χ0n) is 11.5.